The van der Waals surface area contributed by atoms with Crippen LogP contribution in [0.3, 0.4) is 0 Å². The molecule has 0 aliphatic carbocycles. The highest BCUT2D eigenvalue weighted by molar-refractivity contribution is 5.89. The van der Waals surface area contributed by atoms with Crippen LogP contribution in [0.1, 0.15) is 45.6 Å². The standard InChI is InChI=1S/C28H42N8O3/c1-4-23(29)21-6-5-12-33(19-21)18-20-7-9-22(10-8-20)36-13-11-24(32-27(36)39)31-26(38)35-16-14-34(15-17-35)25(37)28(2,3)30/h7-11,13,21,23H,4-6,12,14-19,29-30H2,1-3H3,(H,31,32,38,39). The fourth-order valence-electron chi connectivity index (χ4n) is 5.32. The number of piperidine rings is 1. The summed E-state index contributed by atoms with van der Waals surface area (Å²) in [7, 11) is 0. The number of benzene rings is 1. The van der Waals surface area contributed by atoms with Crippen molar-refractivity contribution in [1.82, 2.24) is 24.3 Å². The number of aromatic nitrogens is 2. The number of nitrogens with one attached hydrogen (secondary N) is 1. The van der Waals surface area contributed by atoms with E-state index < -0.39 is 11.2 Å². The van der Waals surface area contributed by atoms with Gasteiger partial charge < -0.3 is 21.3 Å². The first kappa shape index (κ1) is 28.7. The van der Waals surface area contributed by atoms with Gasteiger partial charge in [-0.05, 0) is 69.3 Å². The van der Waals surface area contributed by atoms with E-state index in [-0.39, 0.29) is 23.8 Å². The van der Waals surface area contributed by atoms with Crippen molar-refractivity contribution in [3.63, 3.8) is 0 Å². The molecule has 2 aromatic rings. The van der Waals surface area contributed by atoms with E-state index in [1.54, 1.807) is 35.9 Å². The molecule has 1 aromatic heterocycles. The van der Waals surface area contributed by atoms with Gasteiger partial charge in [0.1, 0.15) is 5.82 Å². The number of amides is 3. The molecule has 2 saturated heterocycles. The van der Waals surface area contributed by atoms with Gasteiger partial charge in [-0.25, -0.2) is 9.59 Å². The Morgan fingerprint density at radius 3 is 2.36 bits per heavy atom. The number of carbonyl (C=O) groups is 2. The molecule has 0 spiro atoms. The van der Waals surface area contributed by atoms with Gasteiger partial charge >= 0.3 is 11.7 Å². The number of carbonyl (C=O) groups excluding carboxylic acids is 2. The molecule has 5 N–H and O–H groups in total. The minimum Gasteiger partial charge on any atom is -0.338 e. The minimum atomic E-state index is -0.946. The summed E-state index contributed by atoms with van der Waals surface area (Å²) in [5.41, 5.74) is 12.7. The molecule has 39 heavy (non-hydrogen) atoms. The molecule has 4 rings (SSSR count). The van der Waals surface area contributed by atoms with Gasteiger partial charge in [-0.15, -0.1) is 0 Å². The average molecular weight is 539 g/mol. The Hall–Kier alpha value is -3.28. The molecule has 3 amide bonds. The van der Waals surface area contributed by atoms with Gasteiger partial charge in [-0.3, -0.25) is 19.6 Å². The molecular weight excluding hydrogens is 496 g/mol. The van der Waals surface area contributed by atoms with E-state index in [1.807, 2.05) is 24.3 Å². The minimum absolute atomic E-state index is 0.141. The number of hydrogen-bond donors (Lipinski definition) is 3. The number of hydrogen-bond acceptors (Lipinski definition) is 7. The summed E-state index contributed by atoms with van der Waals surface area (Å²) in [6, 6.07) is 9.41. The lowest BCUT2D eigenvalue weighted by molar-refractivity contribution is -0.137. The molecule has 1 aromatic carbocycles. The summed E-state index contributed by atoms with van der Waals surface area (Å²) >= 11 is 0. The van der Waals surface area contributed by atoms with E-state index in [9.17, 15) is 14.4 Å². The van der Waals surface area contributed by atoms with Crippen LogP contribution in [-0.4, -0.2) is 87.0 Å². The molecule has 2 aliphatic heterocycles. The molecular formula is C28H42N8O3. The lowest BCUT2D eigenvalue weighted by atomic mass is 9.89. The first-order valence-electron chi connectivity index (χ1n) is 13.9. The number of anilines is 1. The van der Waals surface area contributed by atoms with Crippen LogP contribution in [0.5, 0.6) is 0 Å². The maximum Gasteiger partial charge on any atom is 0.354 e. The first-order valence-corrected chi connectivity index (χ1v) is 13.9. The Labute approximate surface area is 230 Å². The molecule has 212 valence electrons. The van der Waals surface area contributed by atoms with Gasteiger partial charge in [0.25, 0.3) is 0 Å². The molecule has 11 heteroatoms. The largest absolute Gasteiger partial charge is 0.354 e. The highest BCUT2D eigenvalue weighted by atomic mass is 16.2. The predicted molar refractivity (Wildman–Crippen MR) is 152 cm³/mol. The number of nitrogens with two attached hydrogens (primary N) is 2. The van der Waals surface area contributed by atoms with Crippen molar-refractivity contribution in [2.24, 2.45) is 17.4 Å². The Kier molecular flexibility index (Phi) is 9.04. The van der Waals surface area contributed by atoms with Crippen LogP contribution in [0.2, 0.25) is 0 Å². The monoisotopic (exact) mass is 538 g/mol. The fourth-order valence-corrected chi connectivity index (χ4v) is 5.32. The second kappa shape index (κ2) is 12.3. The van der Waals surface area contributed by atoms with Gasteiger partial charge in [0.2, 0.25) is 5.91 Å². The third kappa shape index (κ3) is 7.23. The summed E-state index contributed by atoms with van der Waals surface area (Å²) in [6.45, 7) is 10.0. The Morgan fingerprint density at radius 2 is 1.74 bits per heavy atom. The molecule has 3 heterocycles. The Morgan fingerprint density at radius 1 is 1.08 bits per heavy atom. The molecule has 0 saturated carbocycles. The highest BCUT2D eigenvalue weighted by Crippen LogP contribution is 2.22. The van der Waals surface area contributed by atoms with Gasteiger partial charge in [-0.2, -0.15) is 4.98 Å². The van der Waals surface area contributed by atoms with Crippen molar-refractivity contribution >= 4 is 17.8 Å². The van der Waals surface area contributed by atoms with Gasteiger partial charge in [0.15, 0.2) is 0 Å². The van der Waals surface area contributed by atoms with Crippen molar-refractivity contribution in [2.75, 3.05) is 44.6 Å². The average Bonchev–Trinajstić information content (AvgIpc) is 2.92. The van der Waals surface area contributed by atoms with Gasteiger partial charge in [0.05, 0.1) is 11.2 Å². The molecule has 2 fully saturated rings. The van der Waals surface area contributed by atoms with Crippen LogP contribution in [0, 0.1) is 5.92 Å². The zero-order valence-electron chi connectivity index (χ0n) is 23.3. The molecule has 11 nitrogen and oxygen atoms in total. The summed E-state index contributed by atoms with van der Waals surface area (Å²) in [5.74, 6) is 0.589. The summed E-state index contributed by atoms with van der Waals surface area (Å²) in [4.78, 5) is 47.6. The van der Waals surface area contributed by atoms with Crippen molar-refractivity contribution in [3.8, 4) is 5.69 Å². The molecule has 2 atom stereocenters. The summed E-state index contributed by atoms with van der Waals surface area (Å²) in [6.07, 6.45) is 4.98. The van der Waals surface area contributed by atoms with Crippen LogP contribution in [0.4, 0.5) is 10.6 Å². The quantitative estimate of drug-likeness (QED) is 0.486. The van der Waals surface area contributed by atoms with Gasteiger partial charge in [-0.1, -0.05) is 19.1 Å². The highest BCUT2D eigenvalue weighted by Gasteiger charge is 2.31. The maximum absolute atomic E-state index is 12.8. The second-order valence-electron chi connectivity index (χ2n) is 11.3. The second-order valence-corrected chi connectivity index (χ2v) is 11.3. The van der Waals surface area contributed by atoms with Gasteiger partial charge in [0, 0.05) is 51.5 Å². The third-order valence-electron chi connectivity index (χ3n) is 7.68. The van der Waals surface area contributed by atoms with Crippen molar-refractivity contribution in [1.29, 1.82) is 0 Å². The first-order chi connectivity index (χ1) is 18.5. The molecule has 2 aliphatic rings. The Bertz CT molecular complexity index is 1200. The maximum atomic E-state index is 12.8. The van der Waals surface area contributed by atoms with Crippen molar-refractivity contribution in [2.45, 2.75) is 58.2 Å². The zero-order chi connectivity index (χ0) is 28.2. The van der Waals surface area contributed by atoms with Crippen LogP contribution >= 0.6 is 0 Å². The van der Waals surface area contributed by atoms with E-state index in [0.29, 0.717) is 37.8 Å². The number of piperazine rings is 1. The smallest absolute Gasteiger partial charge is 0.338 e. The number of nitrogens with zero attached hydrogens (tertiary/aromatic N) is 5. The van der Waals surface area contributed by atoms with E-state index in [4.69, 9.17) is 11.5 Å². The zero-order valence-corrected chi connectivity index (χ0v) is 23.3. The molecule has 0 radical (unpaired) electrons. The lowest BCUT2D eigenvalue weighted by Gasteiger charge is -2.37. The van der Waals surface area contributed by atoms with Crippen LogP contribution in [0.25, 0.3) is 5.69 Å². The number of likely N-dealkylation sites (tertiary alicyclic amines) is 1. The predicted octanol–water partition coefficient (Wildman–Crippen LogP) is 1.60. The fraction of sp³-hybridized carbons (Fsp3) is 0.571. The number of urea groups is 1. The van der Waals surface area contributed by atoms with Crippen LogP contribution in [0.15, 0.2) is 41.3 Å². The topological polar surface area (TPSA) is 143 Å². The Balaban J connectivity index is 1.32. The summed E-state index contributed by atoms with van der Waals surface area (Å²) in [5, 5.41) is 2.70. The van der Waals surface area contributed by atoms with E-state index in [2.05, 4.69) is 22.1 Å². The SMILES string of the molecule is CCC(N)C1CCCN(Cc2ccc(-n3ccc(NC(=O)N4CCN(C(=O)C(C)(C)N)CC4)nc3=O)cc2)C1. The lowest BCUT2D eigenvalue weighted by Crippen LogP contribution is -2.58. The summed E-state index contributed by atoms with van der Waals surface area (Å²) < 4.78 is 1.45. The molecule has 0 bridgehead atoms. The van der Waals surface area contributed by atoms with E-state index in [0.717, 1.165) is 26.1 Å². The molecule has 2 unspecified atom stereocenters. The van der Waals surface area contributed by atoms with Crippen LogP contribution < -0.4 is 22.5 Å². The number of rotatable bonds is 7. The van der Waals surface area contributed by atoms with Crippen molar-refractivity contribution < 1.29 is 9.59 Å². The van der Waals surface area contributed by atoms with Crippen LogP contribution in [-0.2, 0) is 11.3 Å². The third-order valence-corrected chi connectivity index (χ3v) is 7.68. The van der Waals surface area contributed by atoms with Crippen molar-refractivity contribution in [3.05, 3.63) is 52.6 Å². The normalized spacial score (nSPS) is 19.6. The van der Waals surface area contributed by atoms with E-state index >= 15 is 0 Å². The van der Waals surface area contributed by atoms with E-state index in [1.165, 1.54) is 23.0 Å².